The maximum Gasteiger partial charge on any atom is 0.422 e. The van der Waals surface area contributed by atoms with E-state index in [0.29, 0.717) is 63.6 Å². The zero-order valence-electron chi connectivity index (χ0n) is 21.0. The van der Waals surface area contributed by atoms with E-state index in [2.05, 4.69) is 20.3 Å². The van der Waals surface area contributed by atoms with E-state index in [9.17, 15) is 18.0 Å². The SMILES string of the molecule is O=C(NC1CCC(F)(CCN2CCc3ccc(OCC(F)(F)F)nc3CC2)CC1)c1cccn2nccc12. The highest BCUT2D eigenvalue weighted by Crippen LogP contribution is 2.35. The lowest BCUT2D eigenvalue weighted by Crippen LogP contribution is -2.43. The number of hydrogen-bond donors (Lipinski definition) is 1. The first-order valence-corrected chi connectivity index (χ1v) is 13.0. The lowest BCUT2D eigenvalue weighted by Gasteiger charge is -2.35. The Kier molecular flexibility index (Phi) is 7.56. The van der Waals surface area contributed by atoms with Gasteiger partial charge in [0.2, 0.25) is 5.88 Å². The molecule has 0 saturated heterocycles. The van der Waals surface area contributed by atoms with E-state index in [0.717, 1.165) is 23.3 Å². The Morgan fingerprint density at radius 2 is 1.92 bits per heavy atom. The summed E-state index contributed by atoms with van der Waals surface area (Å²) in [5.74, 6) is -0.194. The third kappa shape index (κ3) is 6.43. The first-order chi connectivity index (χ1) is 18.2. The standard InChI is InChI=1S/C27H31F4N5O2/c28-26(10-5-20(6-11-26)33-25(37)21-2-1-14-36-23(21)7-13-32-36)12-17-35-15-8-19-3-4-24(34-22(19)9-16-35)38-18-27(29,30)31/h1-4,7,13-14,20H,5-6,8-12,15-18H2,(H,33,37). The lowest BCUT2D eigenvalue weighted by atomic mass is 9.81. The van der Waals surface area contributed by atoms with Crippen molar-refractivity contribution in [3.05, 3.63) is 59.5 Å². The second-order valence-electron chi connectivity index (χ2n) is 10.2. The fraction of sp³-hybridized carbons (Fsp3) is 0.519. The first-order valence-electron chi connectivity index (χ1n) is 13.0. The van der Waals surface area contributed by atoms with Gasteiger partial charge in [-0.05, 0) is 62.3 Å². The number of pyridine rings is 2. The van der Waals surface area contributed by atoms with Crippen LogP contribution in [0.15, 0.2) is 42.7 Å². The molecule has 11 heteroatoms. The third-order valence-corrected chi connectivity index (χ3v) is 7.56. The molecule has 1 aliphatic heterocycles. The second-order valence-corrected chi connectivity index (χ2v) is 10.2. The normalized spacial score (nSPS) is 22.6. The molecule has 0 bridgehead atoms. The lowest BCUT2D eigenvalue weighted by molar-refractivity contribution is -0.154. The molecule has 3 aromatic rings. The Morgan fingerprint density at radius 3 is 2.71 bits per heavy atom. The van der Waals surface area contributed by atoms with E-state index in [-0.39, 0.29) is 17.8 Å². The fourth-order valence-electron chi connectivity index (χ4n) is 5.36. The van der Waals surface area contributed by atoms with Gasteiger partial charge in [0, 0.05) is 50.1 Å². The van der Waals surface area contributed by atoms with Crippen LogP contribution >= 0.6 is 0 Å². The summed E-state index contributed by atoms with van der Waals surface area (Å²) in [6.45, 7) is 0.640. The molecule has 0 atom stereocenters. The van der Waals surface area contributed by atoms with Crippen LogP contribution in [0.3, 0.4) is 0 Å². The summed E-state index contributed by atoms with van der Waals surface area (Å²) < 4.78 is 59.4. The molecular formula is C27H31F4N5O2. The van der Waals surface area contributed by atoms with Crippen LogP contribution in [0.4, 0.5) is 17.6 Å². The van der Waals surface area contributed by atoms with Gasteiger partial charge in [0.25, 0.3) is 5.91 Å². The van der Waals surface area contributed by atoms with E-state index in [4.69, 9.17) is 4.74 Å². The number of nitrogens with one attached hydrogen (secondary N) is 1. The summed E-state index contributed by atoms with van der Waals surface area (Å²) in [4.78, 5) is 19.3. The van der Waals surface area contributed by atoms with Crippen molar-refractivity contribution in [3.63, 3.8) is 0 Å². The maximum absolute atomic E-state index is 15.7. The highest BCUT2D eigenvalue weighted by molar-refractivity contribution is 6.00. The van der Waals surface area contributed by atoms with Crippen molar-refractivity contribution in [3.8, 4) is 5.88 Å². The van der Waals surface area contributed by atoms with Gasteiger partial charge < -0.3 is 15.0 Å². The molecule has 4 heterocycles. The summed E-state index contributed by atoms with van der Waals surface area (Å²) in [5, 5.41) is 7.22. The Morgan fingerprint density at radius 1 is 1.13 bits per heavy atom. The van der Waals surface area contributed by atoms with Crippen LogP contribution in [0.1, 0.15) is 53.7 Å². The minimum atomic E-state index is -4.41. The number of alkyl halides is 4. The van der Waals surface area contributed by atoms with Crippen molar-refractivity contribution >= 4 is 11.4 Å². The number of rotatable bonds is 7. The smallest absolute Gasteiger partial charge is 0.422 e. The molecule has 5 rings (SSSR count). The Hall–Kier alpha value is -3.21. The Bertz CT molecular complexity index is 1270. The molecule has 1 saturated carbocycles. The van der Waals surface area contributed by atoms with Crippen molar-refractivity contribution in [1.82, 2.24) is 24.8 Å². The zero-order chi connectivity index (χ0) is 26.8. The number of aromatic nitrogens is 3. The predicted octanol–water partition coefficient (Wildman–Crippen LogP) is 4.54. The average Bonchev–Trinajstić information content (AvgIpc) is 3.28. The van der Waals surface area contributed by atoms with E-state index >= 15 is 4.39 Å². The molecule has 0 aromatic carbocycles. The van der Waals surface area contributed by atoms with Crippen molar-refractivity contribution < 1.29 is 27.1 Å². The number of carbonyl (C=O) groups excluding carboxylic acids is 1. The third-order valence-electron chi connectivity index (χ3n) is 7.56. The number of nitrogens with zero attached hydrogens (tertiary/aromatic N) is 4. The number of carbonyl (C=O) groups is 1. The molecule has 38 heavy (non-hydrogen) atoms. The molecule has 2 aliphatic rings. The fourth-order valence-corrected chi connectivity index (χ4v) is 5.36. The van der Waals surface area contributed by atoms with Gasteiger partial charge in [0.15, 0.2) is 6.61 Å². The van der Waals surface area contributed by atoms with Crippen LogP contribution in [0.25, 0.3) is 5.52 Å². The molecule has 0 unspecified atom stereocenters. The van der Waals surface area contributed by atoms with Crippen LogP contribution < -0.4 is 10.1 Å². The van der Waals surface area contributed by atoms with Crippen LogP contribution in [0.5, 0.6) is 5.88 Å². The second kappa shape index (κ2) is 10.9. The van der Waals surface area contributed by atoms with Gasteiger partial charge in [-0.15, -0.1) is 0 Å². The Balaban J connectivity index is 1.08. The van der Waals surface area contributed by atoms with E-state index in [1.54, 1.807) is 41.2 Å². The number of amides is 1. The molecule has 1 N–H and O–H groups in total. The minimum Gasteiger partial charge on any atom is -0.468 e. The summed E-state index contributed by atoms with van der Waals surface area (Å²) in [7, 11) is 0. The molecule has 0 radical (unpaired) electrons. The predicted molar refractivity (Wildman–Crippen MR) is 133 cm³/mol. The van der Waals surface area contributed by atoms with Gasteiger partial charge in [0.05, 0.1) is 17.3 Å². The van der Waals surface area contributed by atoms with Gasteiger partial charge in [-0.1, -0.05) is 6.07 Å². The molecule has 3 aromatic heterocycles. The average molecular weight is 534 g/mol. The number of fused-ring (bicyclic) bond motifs is 2. The minimum absolute atomic E-state index is 0.0250. The van der Waals surface area contributed by atoms with Gasteiger partial charge in [-0.2, -0.15) is 18.3 Å². The summed E-state index contributed by atoms with van der Waals surface area (Å²) in [6, 6.07) is 8.52. The molecule has 1 amide bonds. The topological polar surface area (TPSA) is 71.8 Å². The van der Waals surface area contributed by atoms with Gasteiger partial charge >= 0.3 is 6.18 Å². The van der Waals surface area contributed by atoms with E-state index < -0.39 is 18.5 Å². The quantitative estimate of drug-likeness (QED) is 0.452. The monoisotopic (exact) mass is 533 g/mol. The molecule has 0 spiro atoms. The van der Waals surface area contributed by atoms with Crippen molar-refractivity contribution in [2.75, 3.05) is 26.2 Å². The number of halogens is 4. The number of hydrogen-bond acceptors (Lipinski definition) is 5. The van der Waals surface area contributed by atoms with Gasteiger partial charge in [-0.25, -0.2) is 13.9 Å². The summed E-state index contributed by atoms with van der Waals surface area (Å²) in [6.07, 6.45) is 2.67. The van der Waals surface area contributed by atoms with Crippen LogP contribution in [0.2, 0.25) is 0 Å². The molecule has 204 valence electrons. The number of ether oxygens (including phenoxy) is 1. The molecule has 7 nitrogen and oxygen atoms in total. The maximum atomic E-state index is 15.7. The zero-order valence-corrected chi connectivity index (χ0v) is 21.0. The molecular weight excluding hydrogens is 502 g/mol. The van der Waals surface area contributed by atoms with E-state index in [1.165, 1.54) is 6.07 Å². The first kappa shape index (κ1) is 26.4. The van der Waals surface area contributed by atoms with Crippen LogP contribution in [-0.2, 0) is 12.8 Å². The van der Waals surface area contributed by atoms with Gasteiger partial charge in [-0.3, -0.25) is 4.79 Å². The molecule has 1 fully saturated rings. The van der Waals surface area contributed by atoms with Crippen molar-refractivity contribution in [1.29, 1.82) is 0 Å². The summed E-state index contributed by atoms with van der Waals surface area (Å²) in [5.41, 5.74) is 1.75. The van der Waals surface area contributed by atoms with Crippen LogP contribution in [-0.4, -0.2) is 69.5 Å². The van der Waals surface area contributed by atoms with Crippen LogP contribution in [0, 0.1) is 0 Å². The van der Waals surface area contributed by atoms with Crippen molar-refractivity contribution in [2.45, 2.75) is 62.8 Å². The van der Waals surface area contributed by atoms with E-state index in [1.807, 2.05) is 0 Å². The highest BCUT2D eigenvalue weighted by atomic mass is 19.4. The van der Waals surface area contributed by atoms with Gasteiger partial charge in [0.1, 0.15) is 5.67 Å². The highest BCUT2D eigenvalue weighted by Gasteiger charge is 2.36. The largest absolute Gasteiger partial charge is 0.468 e. The Labute approximate surface area is 218 Å². The summed E-state index contributed by atoms with van der Waals surface area (Å²) >= 11 is 0. The van der Waals surface area contributed by atoms with Crippen molar-refractivity contribution in [2.24, 2.45) is 0 Å². The molecule has 1 aliphatic carbocycles.